The number of tetrazole rings is 1. The van der Waals surface area contributed by atoms with Gasteiger partial charge in [-0.15, -0.1) is 5.10 Å². The Hall–Kier alpha value is -2.41. The van der Waals surface area contributed by atoms with Crippen molar-refractivity contribution in [3.05, 3.63) is 47.4 Å². The van der Waals surface area contributed by atoms with Gasteiger partial charge < -0.3 is 5.32 Å². The molecule has 0 amide bonds. The Balaban J connectivity index is 1.53. The van der Waals surface area contributed by atoms with E-state index in [1.165, 1.54) is 0 Å². The number of rotatable bonds is 5. The van der Waals surface area contributed by atoms with Crippen molar-refractivity contribution in [1.82, 2.24) is 30.0 Å². The van der Waals surface area contributed by atoms with Crippen LogP contribution in [0, 0.1) is 0 Å². The van der Waals surface area contributed by atoms with Gasteiger partial charge in [0.05, 0.1) is 22.8 Å². The molecule has 0 saturated heterocycles. The molecular formula is C15H16ClN7. The van der Waals surface area contributed by atoms with E-state index < -0.39 is 0 Å². The lowest BCUT2D eigenvalue weighted by molar-refractivity contribution is 0.566. The first-order chi connectivity index (χ1) is 11.2. The van der Waals surface area contributed by atoms with Gasteiger partial charge in [0.1, 0.15) is 5.82 Å². The van der Waals surface area contributed by atoms with Crippen molar-refractivity contribution in [2.45, 2.75) is 31.8 Å². The van der Waals surface area contributed by atoms with Crippen LogP contribution in [0.2, 0.25) is 5.02 Å². The molecule has 7 nitrogen and oxygen atoms in total. The van der Waals surface area contributed by atoms with E-state index in [9.17, 15) is 0 Å². The first-order valence-corrected chi connectivity index (χ1v) is 7.95. The minimum absolute atomic E-state index is 0.0276. The summed E-state index contributed by atoms with van der Waals surface area (Å²) >= 11 is 6.21. The molecule has 118 valence electrons. The van der Waals surface area contributed by atoms with Crippen molar-refractivity contribution in [3.63, 3.8) is 0 Å². The van der Waals surface area contributed by atoms with Crippen LogP contribution in [-0.4, -0.2) is 30.0 Å². The van der Waals surface area contributed by atoms with Crippen molar-refractivity contribution in [3.8, 4) is 5.69 Å². The van der Waals surface area contributed by atoms with Gasteiger partial charge in [-0.2, -0.15) is 5.10 Å². The Morgan fingerprint density at radius 1 is 1.26 bits per heavy atom. The van der Waals surface area contributed by atoms with Crippen molar-refractivity contribution >= 4 is 17.4 Å². The zero-order valence-electron chi connectivity index (χ0n) is 12.6. The van der Waals surface area contributed by atoms with Gasteiger partial charge in [0.25, 0.3) is 0 Å². The highest BCUT2D eigenvalue weighted by Gasteiger charge is 2.29. The van der Waals surface area contributed by atoms with E-state index in [1.807, 2.05) is 48.1 Å². The van der Waals surface area contributed by atoms with Crippen LogP contribution >= 0.6 is 11.6 Å². The molecule has 2 heterocycles. The van der Waals surface area contributed by atoms with Crippen LogP contribution in [0.25, 0.3) is 5.69 Å². The zero-order valence-corrected chi connectivity index (χ0v) is 13.4. The highest BCUT2D eigenvalue weighted by molar-refractivity contribution is 6.32. The number of hydrogen-bond acceptors (Lipinski definition) is 5. The van der Waals surface area contributed by atoms with Crippen LogP contribution < -0.4 is 5.32 Å². The number of nitrogens with zero attached hydrogens (tertiary/aromatic N) is 6. The van der Waals surface area contributed by atoms with Crippen LogP contribution in [0.15, 0.2) is 36.5 Å². The monoisotopic (exact) mass is 329 g/mol. The van der Waals surface area contributed by atoms with Crippen LogP contribution in [0.5, 0.6) is 0 Å². The predicted molar refractivity (Wildman–Crippen MR) is 86.7 cm³/mol. The average molecular weight is 330 g/mol. The zero-order chi connectivity index (χ0) is 15.8. The molecule has 23 heavy (non-hydrogen) atoms. The second-order valence-electron chi connectivity index (χ2n) is 5.68. The number of halogens is 1. The van der Waals surface area contributed by atoms with Crippen molar-refractivity contribution < 1.29 is 0 Å². The molecule has 0 bridgehead atoms. The molecule has 3 aromatic rings. The van der Waals surface area contributed by atoms with Crippen LogP contribution in [0.1, 0.15) is 37.7 Å². The van der Waals surface area contributed by atoms with Gasteiger partial charge in [0, 0.05) is 12.3 Å². The minimum Gasteiger partial charge on any atom is -0.359 e. The summed E-state index contributed by atoms with van der Waals surface area (Å²) < 4.78 is 3.66. The van der Waals surface area contributed by atoms with Gasteiger partial charge in [-0.05, 0) is 42.3 Å². The quantitative estimate of drug-likeness (QED) is 0.779. The summed E-state index contributed by atoms with van der Waals surface area (Å²) in [4.78, 5) is 0. The fourth-order valence-corrected chi connectivity index (χ4v) is 2.75. The molecule has 1 aliphatic carbocycles. The second-order valence-corrected chi connectivity index (χ2v) is 6.08. The number of aromatic nitrogens is 6. The van der Waals surface area contributed by atoms with E-state index in [2.05, 4.69) is 25.9 Å². The molecule has 1 saturated carbocycles. The average Bonchev–Trinajstić information content (AvgIpc) is 3.09. The molecule has 1 atom stereocenters. The van der Waals surface area contributed by atoms with Crippen LogP contribution in [0.4, 0.5) is 5.82 Å². The molecule has 1 fully saturated rings. The Morgan fingerprint density at radius 3 is 2.87 bits per heavy atom. The Labute approximate surface area is 138 Å². The summed E-state index contributed by atoms with van der Waals surface area (Å²) in [5.41, 5.74) is 0.845. The van der Waals surface area contributed by atoms with Crippen molar-refractivity contribution in [1.29, 1.82) is 0 Å². The predicted octanol–water partition coefficient (Wildman–Crippen LogP) is 3.02. The third kappa shape index (κ3) is 2.79. The molecule has 1 N–H and O–H groups in total. The van der Waals surface area contributed by atoms with E-state index in [0.29, 0.717) is 11.1 Å². The molecule has 1 aliphatic rings. The van der Waals surface area contributed by atoms with E-state index in [4.69, 9.17) is 11.6 Å². The third-order valence-corrected chi connectivity index (χ3v) is 4.17. The van der Waals surface area contributed by atoms with Gasteiger partial charge in [-0.1, -0.05) is 23.7 Å². The Kier molecular flexibility index (Phi) is 3.49. The SMILES string of the molecule is CC(Nc1ccn(-c2ccccc2Cl)n1)c1nnnn1C1CC1. The normalized spacial score (nSPS) is 15.6. The largest absolute Gasteiger partial charge is 0.359 e. The summed E-state index contributed by atoms with van der Waals surface area (Å²) in [6, 6.07) is 9.93. The summed E-state index contributed by atoms with van der Waals surface area (Å²) in [5, 5.41) is 20.5. The number of nitrogens with one attached hydrogen (secondary N) is 1. The fourth-order valence-electron chi connectivity index (χ4n) is 2.52. The van der Waals surface area contributed by atoms with Crippen LogP contribution in [0.3, 0.4) is 0 Å². The van der Waals surface area contributed by atoms with E-state index in [0.717, 1.165) is 30.2 Å². The standard InChI is InChI=1S/C15H16ClN7/c1-10(15-18-20-21-23(15)11-6-7-11)17-14-8-9-22(19-14)13-5-3-2-4-12(13)16/h2-5,8-11H,6-7H2,1H3,(H,17,19). The van der Waals surface area contributed by atoms with E-state index >= 15 is 0 Å². The van der Waals surface area contributed by atoms with Gasteiger partial charge in [0.2, 0.25) is 0 Å². The topological polar surface area (TPSA) is 73.5 Å². The first-order valence-electron chi connectivity index (χ1n) is 7.57. The summed E-state index contributed by atoms with van der Waals surface area (Å²) in [6.45, 7) is 2.03. The maximum absolute atomic E-state index is 6.21. The number of para-hydroxylation sites is 1. The smallest absolute Gasteiger partial charge is 0.173 e. The molecule has 1 unspecified atom stereocenters. The summed E-state index contributed by atoms with van der Waals surface area (Å²) in [5.74, 6) is 1.59. The van der Waals surface area contributed by atoms with Gasteiger partial charge >= 0.3 is 0 Å². The molecule has 8 heteroatoms. The lowest BCUT2D eigenvalue weighted by Crippen LogP contribution is -2.14. The van der Waals surface area contributed by atoms with E-state index in [-0.39, 0.29) is 6.04 Å². The third-order valence-electron chi connectivity index (χ3n) is 3.85. The van der Waals surface area contributed by atoms with Gasteiger partial charge in [0.15, 0.2) is 5.82 Å². The second kappa shape index (κ2) is 5.66. The summed E-state index contributed by atoms with van der Waals surface area (Å²) in [6.07, 6.45) is 4.16. The highest BCUT2D eigenvalue weighted by Crippen LogP contribution is 2.35. The summed E-state index contributed by atoms with van der Waals surface area (Å²) in [7, 11) is 0. The van der Waals surface area contributed by atoms with Gasteiger partial charge in [-0.3, -0.25) is 0 Å². The van der Waals surface area contributed by atoms with Gasteiger partial charge in [-0.25, -0.2) is 9.36 Å². The Morgan fingerprint density at radius 2 is 2.09 bits per heavy atom. The maximum atomic E-state index is 6.21. The highest BCUT2D eigenvalue weighted by atomic mass is 35.5. The van der Waals surface area contributed by atoms with E-state index in [1.54, 1.807) is 4.68 Å². The first kappa shape index (κ1) is 14.2. The lowest BCUT2D eigenvalue weighted by atomic mass is 10.3. The van der Waals surface area contributed by atoms with Crippen LogP contribution in [-0.2, 0) is 0 Å². The molecular weight excluding hydrogens is 314 g/mol. The number of hydrogen-bond donors (Lipinski definition) is 1. The van der Waals surface area contributed by atoms with Crippen molar-refractivity contribution in [2.24, 2.45) is 0 Å². The maximum Gasteiger partial charge on any atom is 0.173 e. The molecule has 4 rings (SSSR count). The molecule has 2 aromatic heterocycles. The van der Waals surface area contributed by atoms with Crippen molar-refractivity contribution in [2.75, 3.05) is 5.32 Å². The molecule has 0 radical (unpaired) electrons. The molecule has 0 aliphatic heterocycles. The number of benzene rings is 1. The number of anilines is 1. The molecule has 1 aromatic carbocycles. The lowest BCUT2D eigenvalue weighted by Gasteiger charge is -2.12. The Bertz CT molecular complexity index is 821. The fraction of sp³-hybridized carbons (Fsp3) is 0.333. The molecule has 0 spiro atoms. The minimum atomic E-state index is -0.0276.